The minimum absolute atomic E-state index is 0.230. The van der Waals surface area contributed by atoms with E-state index in [0.717, 1.165) is 6.42 Å². The molecule has 5 heteroatoms. The van der Waals surface area contributed by atoms with Gasteiger partial charge in [-0.3, -0.25) is 4.79 Å². The maximum atomic E-state index is 12.6. The van der Waals surface area contributed by atoms with Gasteiger partial charge in [0.2, 0.25) is 0 Å². The summed E-state index contributed by atoms with van der Waals surface area (Å²) in [6.07, 6.45) is 0.900. The third-order valence-corrected chi connectivity index (χ3v) is 3.59. The summed E-state index contributed by atoms with van der Waals surface area (Å²) in [6.45, 7) is 7.38. The Kier molecular flexibility index (Phi) is 7.33. The van der Waals surface area contributed by atoms with Gasteiger partial charge >= 0.3 is 0 Å². The average molecular weight is 357 g/mol. The van der Waals surface area contributed by atoms with Crippen LogP contribution in [0.4, 0.5) is 5.69 Å². The zero-order chi connectivity index (χ0) is 18.9. The lowest BCUT2D eigenvalue weighted by molar-refractivity contribution is 0.102. The molecule has 0 atom stereocenters. The highest BCUT2D eigenvalue weighted by atomic mass is 16.5. The SMILES string of the molecule is CCCOc1ccccc1NC(=O)c1ccc(OCC(C)C)c(OC)c1. The Morgan fingerprint density at radius 3 is 2.50 bits per heavy atom. The van der Waals surface area contributed by atoms with Crippen molar-refractivity contribution in [3.05, 3.63) is 48.0 Å². The molecule has 140 valence electrons. The van der Waals surface area contributed by atoms with Gasteiger partial charge in [-0.05, 0) is 42.7 Å². The first-order valence-electron chi connectivity index (χ1n) is 8.89. The highest BCUT2D eigenvalue weighted by molar-refractivity contribution is 6.05. The number of methoxy groups -OCH3 is 1. The third kappa shape index (κ3) is 5.41. The van der Waals surface area contributed by atoms with Crippen LogP contribution in [0.3, 0.4) is 0 Å². The fourth-order valence-corrected chi connectivity index (χ4v) is 2.29. The molecule has 26 heavy (non-hydrogen) atoms. The van der Waals surface area contributed by atoms with Crippen molar-refractivity contribution >= 4 is 11.6 Å². The molecule has 0 fully saturated rings. The van der Waals surface area contributed by atoms with Crippen LogP contribution in [-0.2, 0) is 0 Å². The average Bonchev–Trinajstić information content (AvgIpc) is 2.65. The van der Waals surface area contributed by atoms with Crippen molar-refractivity contribution in [3.63, 3.8) is 0 Å². The molecule has 2 rings (SSSR count). The highest BCUT2D eigenvalue weighted by Crippen LogP contribution is 2.30. The smallest absolute Gasteiger partial charge is 0.255 e. The number of hydrogen-bond acceptors (Lipinski definition) is 4. The Balaban J connectivity index is 2.15. The molecule has 0 aliphatic heterocycles. The summed E-state index contributed by atoms with van der Waals surface area (Å²) in [6, 6.07) is 12.6. The van der Waals surface area contributed by atoms with Gasteiger partial charge in [-0.25, -0.2) is 0 Å². The van der Waals surface area contributed by atoms with E-state index in [2.05, 4.69) is 19.2 Å². The van der Waals surface area contributed by atoms with Gasteiger partial charge in [0.1, 0.15) is 5.75 Å². The van der Waals surface area contributed by atoms with E-state index in [1.54, 1.807) is 25.3 Å². The lowest BCUT2D eigenvalue weighted by Gasteiger charge is -2.14. The number of ether oxygens (including phenoxy) is 3. The summed E-state index contributed by atoms with van der Waals surface area (Å²) >= 11 is 0. The molecule has 5 nitrogen and oxygen atoms in total. The van der Waals surface area contributed by atoms with Crippen molar-refractivity contribution in [3.8, 4) is 17.2 Å². The summed E-state index contributed by atoms with van der Waals surface area (Å²) in [5.41, 5.74) is 1.13. The summed E-state index contributed by atoms with van der Waals surface area (Å²) in [5, 5.41) is 2.90. The number of para-hydroxylation sites is 2. The zero-order valence-electron chi connectivity index (χ0n) is 15.9. The summed E-state index contributed by atoms with van der Waals surface area (Å²) in [4.78, 5) is 12.6. The summed E-state index contributed by atoms with van der Waals surface area (Å²) in [5.74, 6) is 2.00. The first-order chi connectivity index (χ1) is 12.5. The molecule has 2 aromatic rings. The van der Waals surface area contributed by atoms with Gasteiger partial charge in [0, 0.05) is 5.56 Å². The predicted octanol–water partition coefficient (Wildman–Crippen LogP) is 4.77. The standard InChI is InChI=1S/C21H27NO4/c1-5-12-25-18-9-7-6-8-17(18)22-21(23)16-10-11-19(20(13-16)24-4)26-14-15(2)3/h6-11,13,15H,5,12,14H2,1-4H3,(H,22,23). The summed E-state index contributed by atoms with van der Waals surface area (Å²) in [7, 11) is 1.56. The topological polar surface area (TPSA) is 56.8 Å². The minimum atomic E-state index is -0.230. The van der Waals surface area contributed by atoms with E-state index < -0.39 is 0 Å². The molecule has 0 aliphatic carbocycles. The second-order valence-electron chi connectivity index (χ2n) is 6.37. The molecule has 0 aromatic heterocycles. The molecule has 0 saturated carbocycles. The molecule has 0 heterocycles. The van der Waals surface area contributed by atoms with Crippen molar-refractivity contribution in [2.45, 2.75) is 27.2 Å². The number of carbonyl (C=O) groups is 1. The molecule has 1 N–H and O–H groups in total. The van der Waals surface area contributed by atoms with E-state index in [1.165, 1.54) is 0 Å². The first-order valence-corrected chi connectivity index (χ1v) is 8.89. The largest absolute Gasteiger partial charge is 0.493 e. The van der Waals surface area contributed by atoms with Crippen LogP contribution in [0.5, 0.6) is 17.2 Å². The molecule has 0 unspecified atom stereocenters. The third-order valence-electron chi connectivity index (χ3n) is 3.59. The Labute approximate surface area is 155 Å². The highest BCUT2D eigenvalue weighted by Gasteiger charge is 2.13. The number of benzene rings is 2. The van der Waals surface area contributed by atoms with Gasteiger partial charge in [0.25, 0.3) is 5.91 Å². The van der Waals surface area contributed by atoms with E-state index in [0.29, 0.717) is 47.6 Å². The van der Waals surface area contributed by atoms with E-state index in [-0.39, 0.29) is 5.91 Å². The fraction of sp³-hybridized carbons (Fsp3) is 0.381. The van der Waals surface area contributed by atoms with Crippen LogP contribution >= 0.6 is 0 Å². The molecular formula is C21H27NO4. The van der Waals surface area contributed by atoms with Gasteiger partial charge < -0.3 is 19.5 Å². The van der Waals surface area contributed by atoms with E-state index in [4.69, 9.17) is 14.2 Å². The van der Waals surface area contributed by atoms with E-state index in [9.17, 15) is 4.79 Å². The lowest BCUT2D eigenvalue weighted by atomic mass is 10.1. The predicted molar refractivity (Wildman–Crippen MR) is 104 cm³/mol. The zero-order valence-corrected chi connectivity index (χ0v) is 15.9. The molecule has 0 spiro atoms. The lowest BCUT2D eigenvalue weighted by Crippen LogP contribution is -2.13. The number of amides is 1. The molecule has 0 saturated heterocycles. The number of rotatable bonds is 9. The van der Waals surface area contributed by atoms with Gasteiger partial charge in [-0.2, -0.15) is 0 Å². The second-order valence-corrected chi connectivity index (χ2v) is 6.37. The quantitative estimate of drug-likeness (QED) is 0.702. The Morgan fingerprint density at radius 2 is 1.81 bits per heavy atom. The second kappa shape index (κ2) is 9.70. The minimum Gasteiger partial charge on any atom is -0.493 e. The van der Waals surface area contributed by atoms with E-state index >= 15 is 0 Å². The number of anilines is 1. The van der Waals surface area contributed by atoms with Crippen LogP contribution in [0, 0.1) is 5.92 Å². The molecular weight excluding hydrogens is 330 g/mol. The van der Waals surface area contributed by atoms with Crippen molar-refractivity contribution in [1.82, 2.24) is 0 Å². The maximum absolute atomic E-state index is 12.6. The van der Waals surface area contributed by atoms with Crippen LogP contribution in [-0.4, -0.2) is 26.2 Å². The Morgan fingerprint density at radius 1 is 1.04 bits per heavy atom. The maximum Gasteiger partial charge on any atom is 0.255 e. The van der Waals surface area contributed by atoms with Crippen molar-refractivity contribution in [2.75, 3.05) is 25.6 Å². The van der Waals surface area contributed by atoms with Gasteiger partial charge in [0.15, 0.2) is 11.5 Å². The monoisotopic (exact) mass is 357 g/mol. The van der Waals surface area contributed by atoms with Crippen LogP contribution in [0.1, 0.15) is 37.6 Å². The molecule has 2 aromatic carbocycles. The van der Waals surface area contributed by atoms with Crippen LogP contribution in [0.2, 0.25) is 0 Å². The Hall–Kier alpha value is -2.69. The molecule has 1 amide bonds. The number of hydrogen-bond donors (Lipinski definition) is 1. The van der Waals surface area contributed by atoms with Crippen molar-refractivity contribution in [1.29, 1.82) is 0 Å². The Bertz CT molecular complexity index is 728. The molecule has 0 radical (unpaired) electrons. The summed E-state index contributed by atoms with van der Waals surface area (Å²) < 4.78 is 16.8. The normalized spacial score (nSPS) is 10.5. The number of carbonyl (C=O) groups excluding carboxylic acids is 1. The van der Waals surface area contributed by atoms with Gasteiger partial charge in [-0.15, -0.1) is 0 Å². The van der Waals surface area contributed by atoms with Crippen molar-refractivity contribution < 1.29 is 19.0 Å². The first kappa shape index (κ1) is 19.6. The van der Waals surface area contributed by atoms with Gasteiger partial charge in [0.05, 0.1) is 26.0 Å². The van der Waals surface area contributed by atoms with Crippen LogP contribution in [0.25, 0.3) is 0 Å². The number of nitrogens with one attached hydrogen (secondary N) is 1. The van der Waals surface area contributed by atoms with E-state index in [1.807, 2.05) is 31.2 Å². The molecule has 0 bridgehead atoms. The fourth-order valence-electron chi connectivity index (χ4n) is 2.29. The van der Waals surface area contributed by atoms with Crippen LogP contribution in [0.15, 0.2) is 42.5 Å². The van der Waals surface area contributed by atoms with Gasteiger partial charge in [-0.1, -0.05) is 32.9 Å². The van der Waals surface area contributed by atoms with Crippen molar-refractivity contribution in [2.24, 2.45) is 5.92 Å². The van der Waals surface area contributed by atoms with Crippen LogP contribution < -0.4 is 19.5 Å². The molecule has 0 aliphatic rings.